The molecule has 1 amide bonds. The number of carbonyl (C=O) groups is 2. The van der Waals surface area contributed by atoms with Gasteiger partial charge in [-0.2, -0.15) is 0 Å². The van der Waals surface area contributed by atoms with Crippen LogP contribution in [0.2, 0.25) is 0 Å². The van der Waals surface area contributed by atoms with Gasteiger partial charge < -0.3 is 20.8 Å². The second-order valence-corrected chi connectivity index (χ2v) is 9.34. The molecule has 0 bridgehead atoms. The molecular formula is C25H29N5O7. The van der Waals surface area contributed by atoms with Crippen LogP contribution in [0.4, 0.5) is 11.4 Å². The zero-order valence-electron chi connectivity index (χ0n) is 20.0. The molecule has 5 N–H and O–H groups in total. The Kier molecular flexibility index (Phi) is 7.77. The number of hydrogen-bond acceptors (Lipinski definition) is 6. The molecule has 4 aromatic rings. The molecule has 0 saturated carbocycles. The SMILES string of the molecule is C.CC(C)(C(=O)O)c1cc2cc([N+](=O)[O-])ccc2[nH]1.CC(C)(C(N)=O)c1cc2cc([N+](=O)[O-])ccc2[nH]1. The summed E-state index contributed by atoms with van der Waals surface area (Å²) in [5.41, 5.74) is 6.03. The van der Waals surface area contributed by atoms with Crippen molar-refractivity contribution < 1.29 is 24.5 Å². The molecule has 12 nitrogen and oxygen atoms in total. The Morgan fingerprint density at radius 2 is 1.16 bits per heavy atom. The third kappa shape index (κ3) is 5.58. The average Bonchev–Trinajstić information content (AvgIpc) is 3.43. The standard InChI is InChI=1S/C12H13N3O3.C12H12N2O4.CH4/c1-12(2,11(13)16)10-6-7-5-8(15(17)18)3-4-9(7)14-10;1-12(2,11(15)16)10-6-7-5-8(14(17)18)3-4-9(7)13-10;/h3-6,14H,1-2H3,(H2,13,16);3-6,13H,1-2H3,(H,15,16);1H4. The van der Waals surface area contributed by atoms with E-state index >= 15 is 0 Å². The maximum atomic E-state index is 11.4. The summed E-state index contributed by atoms with van der Waals surface area (Å²) in [6.45, 7) is 6.56. The predicted octanol–water partition coefficient (Wildman–Crippen LogP) is 4.91. The molecule has 196 valence electrons. The van der Waals surface area contributed by atoms with E-state index in [0.717, 1.165) is 5.52 Å². The van der Waals surface area contributed by atoms with Crippen LogP contribution in [0.15, 0.2) is 48.5 Å². The van der Waals surface area contributed by atoms with Gasteiger partial charge in [0.1, 0.15) is 5.41 Å². The van der Waals surface area contributed by atoms with Crippen LogP contribution < -0.4 is 5.73 Å². The van der Waals surface area contributed by atoms with Crippen LogP contribution in [0.25, 0.3) is 21.8 Å². The number of hydrogen-bond donors (Lipinski definition) is 4. The van der Waals surface area contributed by atoms with Crippen molar-refractivity contribution >= 4 is 45.1 Å². The molecule has 0 spiro atoms. The van der Waals surface area contributed by atoms with Gasteiger partial charge in [0, 0.05) is 57.5 Å². The summed E-state index contributed by atoms with van der Waals surface area (Å²) in [5.74, 6) is -1.41. The maximum Gasteiger partial charge on any atom is 0.315 e. The third-order valence-corrected chi connectivity index (χ3v) is 6.13. The van der Waals surface area contributed by atoms with E-state index in [0.29, 0.717) is 27.7 Å². The Hall–Kier alpha value is -4.74. The van der Waals surface area contributed by atoms with Gasteiger partial charge in [0.05, 0.1) is 15.3 Å². The summed E-state index contributed by atoms with van der Waals surface area (Å²) in [6.07, 6.45) is 0. The molecule has 2 aromatic heterocycles. The monoisotopic (exact) mass is 511 g/mol. The van der Waals surface area contributed by atoms with Crippen molar-refractivity contribution in [2.45, 2.75) is 46.0 Å². The van der Waals surface area contributed by atoms with Crippen molar-refractivity contribution in [2.24, 2.45) is 5.73 Å². The number of nitrogens with zero attached hydrogens (tertiary/aromatic N) is 2. The minimum Gasteiger partial charge on any atom is -0.481 e. The van der Waals surface area contributed by atoms with E-state index in [1.807, 2.05) is 0 Å². The second-order valence-electron chi connectivity index (χ2n) is 9.34. The Balaban J connectivity index is 0.000000253. The fraction of sp³-hybridized carbons (Fsp3) is 0.280. The van der Waals surface area contributed by atoms with Gasteiger partial charge in [-0.15, -0.1) is 0 Å². The average molecular weight is 512 g/mol. The van der Waals surface area contributed by atoms with Gasteiger partial charge in [-0.05, 0) is 52.0 Å². The van der Waals surface area contributed by atoms with Crippen LogP contribution in [0.1, 0.15) is 46.5 Å². The molecule has 37 heavy (non-hydrogen) atoms. The van der Waals surface area contributed by atoms with Crippen molar-refractivity contribution in [1.29, 1.82) is 0 Å². The number of H-pyrrole nitrogens is 2. The molecule has 0 aliphatic rings. The molecule has 0 atom stereocenters. The maximum absolute atomic E-state index is 11.4. The highest BCUT2D eigenvalue weighted by Gasteiger charge is 2.31. The van der Waals surface area contributed by atoms with Crippen molar-refractivity contribution in [2.75, 3.05) is 0 Å². The number of aliphatic carboxylic acids is 1. The first kappa shape index (κ1) is 28.5. The van der Waals surface area contributed by atoms with Gasteiger partial charge in [-0.3, -0.25) is 29.8 Å². The van der Waals surface area contributed by atoms with E-state index in [9.17, 15) is 29.8 Å². The first-order valence-electron chi connectivity index (χ1n) is 10.7. The number of carboxylic acids is 1. The topological polar surface area (TPSA) is 198 Å². The molecule has 2 aromatic carbocycles. The molecule has 0 unspecified atom stereocenters. The number of nitro benzene ring substituents is 2. The van der Waals surface area contributed by atoms with E-state index in [2.05, 4.69) is 9.97 Å². The summed E-state index contributed by atoms with van der Waals surface area (Å²) in [7, 11) is 0. The van der Waals surface area contributed by atoms with Gasteiger partial charge >= 0.3 is 5.97 Å². The lowest BCUT2D eigenvalue weighted by atomic mass is 9.89. The van der Waals surface area contributed by atoms with Crippen LogP contribution in [0.5, 0.6) is 0 Å². The van der Waals surface area contributed by atoms with E-state index in [1.54, 1.807) is 52.0 Å². The molecule has 12 heteroatoms. The fourth-order valence-corrected chi connectivity index (χ4v) is 3.39. The fourth-order valence-electron chi connectivity index (χ4n) is 3.39. The summed E-state index contributed by atoms with van der Waals surface area (Å²) in [4.78, 5) is 49.0. The van der Waals surface area contributed by atoms with E-state index in [1.165, 1.54) is 24.3 Å². The Bertz CT molecular complexity index is 1400. The van der Waals surface area contributed by atoms with Gasteiger partial charge in [-0.1, -0.05) is 7.43 Å². The third-order valence-electron chi connectivity index (χ3n) is 6.13. The molecule has 0 saturated heterocycles. The number of primary amides is 1. The van der Waals surface area contributed by atoms with Crippen LogP contribution in [0.3, 0.4) is 0 Å². The molecule has 0 radical (unpaired) electrons. The number of rotatable bonds is 6. The smallest absolute Gasteiger partial charge is 0.315 e. The number of nitro groups is 2. The van der Waals surface area contributed by atoms with E-state index in [4.69, 9.17) is 10.8 Å². The number of fused-ring (bicyclic) bond motifs is 2. The van der Waals surface area contributed by atoms with Crippen LogP contribution in [0, 0.1) is 20.2 Å². The summed E-state index contributed by atoms with van der Waals surface area (Å²) in [6, 6.07) is 12.2. The van der Waals surface area contributed by atoms with Gasteiger partial charge in [0.15, 0.2) is 0 Å². The van der Waals surface area contributed by atoms with Crippen LogP contribution in [-0.4, -0.2) is 36.8 Å². The largest absolute Gasteiger partial charge is 0.481 e. The number of non-ortho nitro benzene ring substituents is 2. The summed E-state index contributed by atoms with van der Waals surface area (Å²) < 4.78 is 0. The number of nitrogens with one attached hydrogen (secondary N) is 2. The second kappa shape index (κ2) is 10.1. The number of aromatic nitrogens is 2. The lowest BCUT2D eigenvalue weighted by Crippen LogP contribution is -2.35. The molecule has 2 heterocycles. The Morgan fingerprint density at radius 1 is 0.784 bits per heavy atom. The molecule has 4 rings (SSSR count). The summed E-state index contributed by atoms with van der Waals surface area (Å²) >= 11 is 0. The van der Waals surface area contributed by atoms with Crippen LogP contribution >= 0.6 is 0 Å². The van der Waals surface area contributed by atoms with Crippen LogP contribution in [-0.2, 0) is 20.4 Å². The molecule has 0 fully saturated rings. The number of amides is 1. The number of carboxylic acid groups (broad SMARTS) is 1. The van der Waals surface area contributed by atoms with Gasteiger partial charge in [0.25, 0.3) is 11.4 Å². The zero-order chi connectivity index (χ0) is 27.0. The zero-order valence-corrected chi connectivity index (χ0v) is 20.0. The lowest BCUT2D eigenvalue weighted by molar-refractivity contribution is -0.384. The highest BCUT2D eigenvalue weighted by atomic mass is 16.6. The number of nitrogens with two attached hydrogens (primary N) is 1. The minimum atomic E-state index is -1.06. The van der Waals surface area contributed by atoms with Crippen molar-refractivity contribution in [3.63, 3.8) is 0 Å². The molecule has 0 aliphatic carbocycles. The lowest BCUT2D eigenvalue weighted by Gasteiger charge is -2.18. The minimum absolute atomic E-state index is 0. The van der Waals surface area contributed by atoms with E-state index < -0.39 is 32.6 Å². The van der Waals surface area contributed by atoms with Gasteiger partial charge in [0.2, 0.25) is 5.91 Å². The first-order valence-corrected chi connectivity index (χ1v) is 10.7. The van der Waals surface area contributed by atoms with Crippen molar-refractivity contribution in [3.05, 3.63) is 80.1 Å². The Labute approximate surface area is 211 Å². The highest BCUT2D eigenvalue weighted by molar-refractivity contribution is 5.89. The predicted molar refractivity (Wildman–Crippen MR) is 140 cm³/mol. The van der Waals surface area contributed by atoms with Gasteiger partial charge in [-0.25, -0.2) is 0 Å². The number of benzene rings is 2. The van der Waals surface area contributed by atoms with E-state index in [-0.39, 0.29) is 18.8 Å². The number of carbonyl (C=O) groups excluding carboxylic acids is 1. The van der Waals surface area contributed by atoms with Crippen molar-refractivity contribution in [1.82, 2.24) is 9.97 Å². The van der Waals surface area contributed by atoms with Crippen molar-refractivity contribution in [3.8, 4) is 0 Å². The number of aromatic amines is 2. The molecular weight excluding hydrogens is 482 g/mol. The quantitative estimate of drug-likeness (QED) is 0.208. The summed E-state index contributed by atoms with van der Waals surface area (Å²) in [5, 5.41) is 31.8. The molecule has 0 aliphatic heterocycles. The highest BCUT2D eigenvalue weighted by Crippen LogP contribution is 2.29. The Morgan fingerprint density at radius 3 is 1.49 bits per heavy atom. The first-order chi connectivity index (χ1) is 16.6. The normalized spacial score (nSPS) is 11.4.